The lowest BCUT2D eigenvalue weighted by Crippen LogP contribution is -2.42. The SMILES string of the molecule is C#CCCNC(=O)C1CC(C)(C)C1. The largest absolute Gasteiger partial charge is 0.355 e. The van der Waals surface area contributed by atoms with E-state index in [4.69, 9.17) is 6.42 Å². The average molecular weight is 179 g/mol. The zero-order valence-electron chi connectivity index (χ0n) is 8.39. The molecule has 0 aromatic carbocycles. The molecule has 13 heavy (non-hydrogen) atoms. The topological polar surface area (TPSA) is 29.1 Å². The molecule has 2 nitrogen and oxygen atoms in total. The summed E-state index contributed by atoms with van der Waals surface area (Å²) in [5, 5.41) is 2.84. The Morgan fingerprint density at radius 1 is 1.62 bits per heavy atom. The van der Waals surface area contributed by atoms with Gasteiger partial charge in [-0.25, -0.2) is 0 Å². The molecular formula is C11H17NO. The first-order valence-corrected chi connectivity index (χ1v) is 4.76. The maximum Gasteiger partial charge on any atom is 0.223 e. The van der Waals surface area contributed by atoms with Gasteiger partial charge in [0, 0.05) is 18.9 Å². The summed E-state index contributed by atoms with van der Waals surface area (Å²) in [4.78, 5) is 11.4. The summed E-state index contributed by atoms with van der Waals surface area (Å²) < 4.78 is 0. The number of hydrogen-bond acceptors (Lipinski definition) is 1. The van der Waals surface area contributed by atoms with Crippen LogP contribution in [-0.2, 0) is 4.79 Å². The highest BCUT2D eigenvalue weighted by molar-refractivity contribution is 5.79. The van der Waals surface area contributed by atoms with Crippen molar-refractivity contribution in [1.82, 2.24) is 5.32 Å². The maximum atomic E-state index is 11.4. The summed E-state index contributed by atoms with van der Waals surface area (Å²) in [7, 11) is 0. The van der Waals surface area contributed by atoms with Gasteiger partial charge in [0.15, 0.2) is 0 Å². The van der Waals surface area contributed by atoms with Crippen LogP contribution in [0.5, 0.6) is 0 Å². The van der Waals surface area contributed by atoms with E-state index in [2.05, 4.69) is 25.1 Å². The van der Waals surface area contributed by atoms with Crippen LogP contribution in [-0.4, -0.2) is 12.5 Å². The number of amides is 1. The van der Waals surface area contributed by atoms with Crippen LogP contribution >= 0.6 is 0 Å². The van der Waals surface area contributed by atoms with Gasteiger partial charge in [-0.1, -0.05) is 13.8 Å². The van der Waals surface area contributed by atoms with Crippen LogP contribution in [0.3, 0.4) is 0 Å². The quantitative estimate of drug-likeness (QED) is 0.517. The minimum Gasteiger partial charge on any atom is -0.355 e. The van der Waals surface area contributed by atoms with E-state index < -0.39 is 0 Å². The predicted octanol–water partition coefficient (Wildman–Crippen LogP) is 1.56. The van der Waals surface area contributed by atoms with E-state index >= 15 is 0 Å². The summed E-state index contributed by atoms with van der Waals surface area (Å²) in [6.07, 6.45) is 7.72. The third kappa shape index (κ3) is 2.77. The third-order valence-electron chi connectivity index (χ3n) is 2.54. The average Bonchev–Trinajstić information content (AvgIpc) is 2.00. The number of carbonyl (C=O) groups excluding carboxylic acids is 1. The molecule has 1 N–H and O–H groups in total. The second-order valence-corrected chi connectivity index (χ2v) is 4.51. The molecule has 0 radical (unpaired) electrons. The Morgan fingerprint density at radius 2 is 2.23 bits per heavy atom. The molecule has 0 bridgehead atoms. The van der Waals surface area contributed by atoms with Crippen molar-refractivity contribution in [2.45, 2.75) is 33.1 Å². The fourth-order valence-corrected chi connectivity index (χ4v) is 1.86. The second-order valence-electron chi connectivity index (χ2n) is 4.51. The Hall–Kier alpha value is -0.970. The Morgan fingerprint density at radius 3 is 2.69 bits per heavy atom. The Bertz CT molecular complexity index is 229. The molecule has 1 aliphatic carbocycles. The van der Waals surface area contributed by atoms with Gasteiger partial charge in [-0.2, -0.15) is 0 Å². The molecule has 0 atom stereocenters. The van der Waals surface area contributed by atoms with Gasteiger partial charge < -0.3 is 5.32 Å². The van der Waals surface area contributed by atoms with Gasteiger partial charge in [0.2, 0.25) is 5.91 Å². The van der Waals surface area contributed by atoms with E-state index in [9.17, 15) is 4.79 Å². The fraction of sp³-hybridized carbons (Fsp3) is 0.727. The van der Waals surface area contributed by atoms with Crippen LogP contribution in [0.25, 0.3) is 0 Å². The standard InChI is InChI=1S/C11H17NO/c1-4-5-6-12-10(13)9-7-11(2,3)8-9/h1,9H,5-8H2,2-3H3,(H,12,13). The van der Waals surface area contributed by atoms with Crippen molar-refractivity contribution in [1.29, 1.82) is 0 Å². The first kappa shape index (κ1) is 10.1. The van der Waals surface area contributed by atoms with E-state index in [0.29, 0.717) is 18.4 Å². The van der Waals surface area contributed by atoms with E-state index in [1.807, 2.05) is 0 Å². The third-order valence-corrected chi connectivity index (χ3v) is 2.54. The van der Waals surface area contributed by atoms with Gasteiger partial charge in [0.1, 0.15) is 0 Å². The van der Waals surface area contributed by atoms with Gasteiger partial charge >= 0.3 is 0 Å². The summed E-state index contributed by atoms with van der Waals surface area (Å²) in [6.45, 7) is 5.00. The molecule has 0 unspecified atom stereocenters. The molecule has 1 amide bonds. The van der Waals surface area contributed by atoms with Gasteiger partial charge in [-0.05, 0) is 18.3 Å². The summed E-state index contributed by atoms with van der Waals surface area (Å²) >= 11 is 0. The lowest BCUT2D eigenvalue weighted by molar-refractivity contribution is -0.131. The van der Waals surface area contributed by atoms with E-state index in [-0.39, 0.29) is 11.8 Å². The normalized spacial score (nSPS) is 20.1. The van der Waals surface area contributed by atoms with Crippen LogP contribution in [0, 0.1) is 23.7 Å². The predicted molar refractivity (Wildman–Crippen MR) is 53.0 cm³/mol. The highest BCUT2D eigenvalue weighted by Gasteiger charge is 2.39. The molecule has 2 heteroatoms. The molecule has 1 rings (SSSR count). The van der Waals surface area contributed by atoms with Crippen molar-refractivity contribution in [2.75, 3.05) is 6.54 Å². The number of hydrogen-bond donors (Lipinski definition) is 1. The smallest absolute Gasteiger partial charge is 0.223 e. The molecular weight excluding hydrogens is 162 g/mol. The lowest BCUT2D eigenvalue weighted by atomic mass is 9.64. The van der Waals surface area contributed by atoms with Crippen molar-refractivity contribution < 1.29 is 4.79 Å². The Balaban J connectivity index is 2.17. The van der Waals surface area contributed by atoms with Crippen LogP contribution in [0.1, 0.15) is 33.1 Å². The number of terminal acetylenes is 1. The Kier molecular flexibility index (Phi) is 2.98. The second kappa shape index (κ2) is 3.83. The van der Waals surface area contributed by atoms with Gasteiger partial charge in [0.25, 0.3) is 0 Å². The van der Waals surface area contributed by atoms with E-state index in [1.54, 1.807) is 0 Å². The maximum absolute atomic E-state index is 11.4. The number of nitrogens with one attached hydrogen (secondary N) is 1. The highest BCUT2D eigenvalue weighted by atomic mass is 16.1. The molecule has 72 valence electrons. The molecule has 0 saturated heterocycles. The molecule has 0 aliphatic heterocycles. The van der Waals surface area contributed by atoms with Crippen molar-refractivity contribution in [2.24, 2.45) is 11.3 Å². The van der Waals surface area contributed by atoms with Crippen LogP contribution < -0.4 is 5.32 Å². The monoisotopic (exact) mass is 179 g/mol. The zero-order valence-corrected chi connectivity index (χ0v) is 8.39. The number of carbonyl (C=O) groups is 1. The first-order chi connectivity index (χ1) is 6.05. The van der Waals surface area contributed by atoms with Crippen LogP contribution in [0.4, 0.5) is 0 Å². The molecule has 0 spiro atoms. The van der Waals surface area contributed by atoms with Crippen molar-refractivity contribution in [3.05, 3.63) is 0 Å². The van der Waals surface area contributed by atoms with Crippen molar-refractivity contribution in [3.63, 3.8) is 0 Å². The molecule has 0 aromatic rings. The summed E-state index contributed by atoms with van der Waals surface area (Å²) in [5.74, 6) is 2.90. The van der Waals surface area contributed by atoms with Crippen LogP contribution in [0.2, 0.25) is 0 Å². The fourth-order valence-electron chi connectivity index (χ4n) is 1.86. The number of rotatable bonds is 3. The molecule has 1 fully saturated rings. The molecule has 0 aromatic heterocycles. The van der Waals surface area contributed by atoms with E-state index in [1.165, 1.54) is 0 Å². The summed E-state index contributed by atoms with van der Waals surface area (Å²) in [5.41, 5.74) is 0.369. The summed E-state index contributed by atoms with van der Waals surface area (Å²) in [6, 6.07) is 0. The van der Waals surface area contributed by atoms with Crippen molar-refractivity contribution in [3.8, 4) is 12.3 Å². The zero-order chi connectivity index (χ0) is 9.90. The molecule has 1 saturated carbocycles. The first-order valence-electron chi connectivity index (χ1n) is 4.76. The highest BCUT2D eigenvalue weighted by Crippen LogP contribution is 2.44. The van der Waals surface area contributed by atoms with Gasteiger partial charge in [0.05, 0.1) is 0 Å². The minimum atomic E-state index is 0.176. The van der Waals surface area contributed by atoms with Crippen molar-refractivity contribution >= 4 is 5.91 Å². The van der Waals surface area contributed by atoms with Gasteiger partial charge in [-0.3, -0.25) is 4.79 Å². The molecule has 1 aliphatic rings. The van der Waals surface area contributed by atoms with E-state index in [0.717, 1.165) is 12.8 Å². The molecule has 0 heterocycles. The Labute approximate surface area is 80.1 Å². The van der Waals surface area contributed by atoms with Crippen LogP contribution in [0.15, 0.2) is 0 Å². The minimum absolute atomic E-state index is 0.176. The lowest BCUT2D eigenvalue weighted by Gasteiger charge is -2.41. The van der Waals surface area contributed by atoms with Gasteiger partial charge in [-0.15, -0.1) is 12.3 Å².